The zero-order valence-corrected chi connectivity index (χ0v) is 8.37. The summed E-state index contributed by atoms with van der Waals surface area (Å²) in [4.78, 5) is 22.5. The third-order valence-electron chi connectivity index (χ3n) is 2.20. The van der Waals surface area contributed by atoms with Crippen molar-refractivity contribution in [3.8, 4) is 0 Å². The van der Waals surface area contributed by atoms with Gasteiger partial charge >= 0.3 is 5.97 Å². The van der Waals surface area contributed by atoms with Crippen LogP contribution in [0.15, 0.2) is 24.0 Å². The zero-order chi connectivity index (χ0) is 10.8. The van der Waals surface area contributed by atoms with E-state index < -0.39 is 11.4 Å². The quantitative estimate of drug-likeness (QED) is 0.614. The lowest BCUT2D eigenvalue weighted by Gasteiger charge is -2.26. The van der Waals surface area contributed by atoms with Gasteiger partial charge in [-0.25, -0.2) is 0 Å². The molecule has 0 radical (unpaired) electrons. The number of carbonyl (C=O) groups excluding carboxylic acids is 2. The molecule has 0 fully saturated rings. The van der Waals surface area contributed by atoms with Crippen LogP contribution in [0.1, 0.15) is 6.92 Å². The monoisotopic (exact) mass is 196 g/mol. The van der Waals surface area contributed by atoms with Gasteiger partial charge in [0.2, 0.25) is 0 Å². The van der Waals surface area contributed by atoms with Crippen LogP contribution in [0.5, 0.6) is 0 Å². The molecule has 0 spiro atoms. The third-order valence-corrected chi connectivity index (χ3v) is 2.20. The number of hydrogen-bond acceptors (Lipinski definition) is 4. The summed E-state index contributed by atoms with van der Waals surface area (Å²) in [6.07, 6.45) is 4.11. The van der Waals surface area contributed by atoms with E-state index in [2.05, 4.69) is 4.74 Å². The van der Waals surface area contributed by atoms with Gasteiger partial charge in [0.1, 0.15) is 11.2 Å². The lowest BCUT2D eigenvalue weighted by atomic mass is 9.84. The second-order valence-corrected chi connectivity index (χ2v) is 3.14. The smallest absolute Gasteiger partial charge is 0.323 e. The molecule has 0 aromatic rings. The first-order valence-corrected chi connectivity index (χ1v) is 4.12. The van der Waals surface area contributed by atoms with E-state index in [0.717, 1.165) is 0 Å². The minimum Gasteiger partial charge on any atom is -0.499 e. The molecule has 1 aliphatic rings. The topological polar surface area (TPSA) is 52.6 Å². The Bertz CT molecular complexity index is 327. The molecule has 0 saturated heterocycles. The zero-order valence-electron chi connectivity index (χ0n) is 8.37. The fourth-order valence-corrected chi connectivity index (χ4v) is 1.31. The van der Waals surface area contributed by atoms with Crippen LogP contribution in [0, 0.1) is 5.41 Å². The molecule has 0 heterocycles. The predicted molar refractivity (Wildman–Crippen MR) is 49.4 cm³/mol. The second kappa shape index (κ2) is 3.65. The summed E-state index contributed by atoms with van der Waals surface area (Å²) < 4.78 is 9.63. The van der Waals surface area contributed by atoms with E-state index in [4.69, 9.17) is 4.74 Å². The summed E-state index contributed by atoms with van der Waals surface area (Å²) in [7, 11) is 2.71. The summed E-state index contributed by atoms with van der Waals surface area (Å²) in [5, 5.41) is 0. The molecule has 0 saturated carbocycles. The van der Waals surface area contributed by atoms with Crippen LogP contribution >= 0.6 is 0 Å². The number of esters is 1. The van der Waals surface area contributed by atoms with Gasteiger partial charge in [0.25, 0.3) is 0 Å². The van der Waals surface area contributed by atoms with E-state index in [1.807, 2.05) is 0 Å². The summed E-state index contributed by atoms with van der Waals surface area (Å²) in [6, 6.07) is 0. The molecule has 1 rings (SSSR count). The first kappa shape index (κ1) is 10.5. The van der Waals surface area contributed by atoms with Crippen LogP contribution < -0.4 is 0 Å². The number of methoxy groups -OCH3 is 2. The van der Waals surface area contributed by atoms with Gasteiger partial charge in [-0.15, -0.1) is 0 Å². The van der Waals surface area contributed by atoms with Crippen LogP contribution in [0.4, 0.5) is 0 Å². The molecular weight excluding hydrogens is 184 g/mol. The number of ether oxygens (including phenoxy) is 2. The Labute approximate surface area is 82.2 Å². The van der Waals surface area contributed by atoms with E-state index in [-0.39, 0.29) is 5.78 Å². The highest BCUT2D eigenvalue weighted by atomic mass is 16.5. The lowest BCUT2D eigenvalue weighted by Crippen LogP contribution is -2.32. The minimum absolute atomic E-state index is 0.191. The SMILES string of the molecule is COC(=O)C1(C)C=CC(=O)C=C1OC. The Morgan fingerprint density at radius 3 is 2.57 bits per heavy atom. The van der Waals surface area contributed by atoms with Crippen molar-refractivity contribution in [3.05, 3.63) is 24.0 Å². The highest BCUT2D eigenvalue weighted by Crippen LogP contribution is 2.33. The maximum absolute atomic E-state index is 11.5. The molecular formula is C10H12O4. The Balaban J connectivity index is 3.09. The van der Waals surface area contributed by atoms with Crippen LogP contribution in [-0.2, 0) is 19.1 Å². The number of rotatable bonds is 2. The predicted octanol–water partition coefficient (Wildman–Crippen LogP) is 0.835. The minimum atomic E-state index is -0.989. The van der Waals surface area contributed by atoms with Gasteiger partial charge in [-0.1, -0.05) is 6.08 Å². The van der Waals surface area contributed by atoms with E-state index in [0.29, 0.717) is 5.76 Å². The first-order chi connectivity index (χ1) is 6.54. The fourth-order valence-electron chi connectivity index (χ4n) is 1.31. The summed E-state index contributed by atoms with van der Waals surface area (Å²) in [5.41, 5.74) is -0.989. The highest BCUT2D eigenvalue weighted by molar-refractivity contribution is 6.03. The molecule has 4 heteroatoms. The summed E-state index contributed by atoms with van der Waals surface area (Å²) in [6.45, 7) is 1.64. The maximum atomic E-state index is 11.5. The van der Waals surface area contributed by atoms with Crippen molar-refractivity contribution in [3.63, 3.8) is 0 Å². The highest BCUT2D eigenvalue weighted by Gasteiger charge is 2.39. The average Bonchev–Trinajstić information content (AvgIpc) is 2.20. The van der Waals surface area contributed by atoms with Crippen LogP contribution in [0.2, 0.25) is 0 Å². The van der Waals surface area contributed by atoms with Crippen molar-refractivity contribution in [1.82, 2.24) is 0 Å². The van der Waals surface area contributed by atoms with Gasteiger partial charge < -0.3 is 9.47 Å². The molecule has 0 aromatic heterocycles. The second-order valence-electron chi connectivity index (χ2n) is 3.14. The van der Waals surface area contributed by atoms with E-state index >= 15 is 0 Å². The molecule has 14 heavy (non-hydrogen) atoms. The average molecular weight is 196 g/mol. The van der Waals surface area contributed by atoms with Gasteiger partial charge in [-0.2, -0.15) is 0 Å². The van der Waals surface area contributed by atoms with Gasteiger partial charge in [0, 0.05) is 6.08 Å². The van der Waals surface area contributed by atoms with E-state index in [9.17, 15) is 9.59 Å². The van der Waals surface area contributed by atoms with Crippen molar-refractivity contribution in [1.29, 1.82) is 0 Å². The fraction of sp³-hybridized carbons (Fsp3) is 0.400. The molecule has 0 amide bonds. The Morgan fingerprint density at radius 2 is 2.07 bits per heavy atom. The first-order valence-electron chi connectivity index (χ1n) is 4.12. The molecule has 0 aliphatic heterocycles. The molecule has 0 bridgehead atoms. The molecule has 4 nitrogen and oxygen atoms in total. The molecule has 0 N–H and O–H groups in total. The van der Waals surface area contributed by atoms with Gasteiger partial charge in [0.15, 0.2) is 5.78 Å². The lowest BCUT2D eigenvalue weighted by molar-refractivity contribution is -0.148. The van der Waals surface area contributed by atoms with E-state index in [1.165, 1.54) is 32.4 Å². The summed E-state index contributed by atoms with van der Waals surface area (Å²) in [5.74, 6) is -0.338. The molecule has 0 aromatic carbocycles. The number of ketones is 1. The van der Waals surface area contributed by atoms with Crippen molar-refractivity contribution < 1.29 is 19.1 Å². The maximum Gasteiger partial charge on any atom is 0.323 e. The van der Waals surface area contributed by atoms with Crippen molar-refractivity contribution >= 4 is 11.8 Å². The number of carbonyl (C=O) groups is 2. The largest absolute Gasteiger partial charge is 0.499 e. The van der Waals surface area contributed by atoms with Gasteiger partial charge in [-0.3, -0.25) is 9.59 Å². The molecule has 76 valence electrons. The summed E-state index contributed by atoms with van der Waals surface area (Å²) >= 11 is 0. The molecule has 1 atom stereocenters. The van der Waals surface area contributed by atoms with Crippen LogP contribution in [0.3, 0.4) is 0 Å². The molecule has 1 aliphatic carbocycles. The normalized spacial score (nSPS) is 25.6. The van der Waals surface area contributed by atoms with Crippen LogP contribution in [0.25, 0.3) is 0 Å². The van der Waals surface area contributed by atoms with Gasteiger partial charge in [0.05, 0.1) is 14.2 Å². The van der Waals surface area contributed by atoms with Crippen molar-refractivity contribution in [2.75, 3.05) is 14.2 Å². The van der Waals surface area contributed by atoms with Gasteiger partial charge in [-0.05, 0) is 13.0 Å². The van der Waals surface area contributed by atoms with Crippen molar-refractivity contribution in [2.24, 2.45) is 5.41 Å². The standard InChI is InChI=1S/C10H12O4/c1-10(9(12)14-3)5-4-7(11)6-8(10)13-2/h4-6H,1-3H3. The van der Waals surface area contributed by atoms with Crippen LogP contribution in [-0.4, -0.2) is 26.0 Å². The van der Waals surface area contributed by atoms with Crippen molar-refractivity contribution in [2.45, 2.75) is 6.92 Å². The Morgan fingerprint density at radius 1 is 1.43 bits per heavy atom. The number of allylic oxidation sites excluding steroid dienone is 2. The number of hydrogen-bond donors (Lipinski definition) is 0. The Hall–Kier alpha value is -1.58. The van der Waals surface area contributed by atoms with E-state index in [1.54, 1.807) is 6.92 Å². The Kier molecular flexibility index (Phi) is 2.74. The third kappa shape index (κ3) is 1.55. The molecule has 1 unspecified atom stereocenters.